The highest BCUT2D eigenvalue weighted by Gasteiger charge is 2.35. The van der Waals surface area contributed by atoms with Crippen LogP contribution in [-0.2, 0) is 0 Å². The van der Waals surface area contributed by atoms with Crippen molar-refractivity contribution in [2.75, 3.05) is 13.1 Å². The first-order valence-corrected chi connectivity index (χ1v) is 9.70. The average Bonchev–Trinajstić information content (AvgIpc) is 2.63. The highest BCUT2D eigenvalue weighted by Crippen LogP contribution is 2.34. The Morgan fingerprint density at radius 2 is 1.26 bits per heavy atom. The van der Waals surface area contributed by atoms with Crippen molar-refractivity contribution in [2.45, 2.75) is 32.9 Å². The van der Waals surface area contributed by atoms with E-state index in [1.54, 1.807) is 0 Å². The second-order valence-corrected chi connectivity index (χ2v) is 7.65. The van der Waals surface area contributed by atoms with Crippen molar-refractivity contribution in [1.82, 2.24) is 4.90 Å². The van der Waals surface area contributed by atoms with Crippen molar-refractivity contribution in [3.8, 4) is 5.75 Å². The van der Waals surface area contributed by atoms with Gasteiger partial charge in [0.05, 0.1) is 6.04 Å². The lowest BCUT2D eigenvalue weighted by atomic mass is 9.93. The summed E-state index contributed by atoms with van der Waals surface area (Å²) in [5.74, 6) is 1.06. The van der Waals surface area contributed by atoms with Crippen molar-refractivity contribution in [3.63, 3.8) is 0 Å². The van der Waals surface area contributed by atoms with E-state index in [0.29, 0.717) is 0 Å². The normalized spacial score (nSPS) is 15.0. The molecule has 0 N–H and O–H groups in total. The van der Waals surface area contributed by atoms with Gasteiger partial charge in [0.25, 0.3) is 0 Å². The van der Waals surface area contributed by atoms with E-state index in [4.69, 9.17) is 4.74 Å². The van der Waals surface area contributed by atoms with Crippen LogP contribution in [0.5, 0.6) is 5.75 Å². The zero-order chi connectivity index (χ0) is 18.8. The zero-order valence-electron chi connectivity index (χ0n) is 16.4. The fourth-order valence-corrected chi connectivity index (χ4v) is 4.16. The summed E-state index contributed by atoms with van der Waals surface area (Å²) in [5, 5.41) is 0. The van der Waals surface area contributed by atoms with E-state index in [1.165, 1.54) is 27.8 Å². The van der Waals surface area contributed by atoms with Crippen LogP contribution in [0.1, 0.15) is 33.9 Å². The molecule has 1 heterocycles. The summed E-state index contributed by atoms with van der Waals surface area (Å²) in [5.41, 5.74) is 6.43. The minimum Gasteiger partial charge on any atom is -0.487 e. The zero-order valence-corrected chi connectivity index (χ0v) is 16.4. The lowest BCUT2D eigenvalue weighted by Crippen LogP contribution is -2.55. The molecule has 0 amide bonds. The Bertz CT molecular complexity index is 836. The van der Waals surface area contributed by atoms with Crippen LogP contribution in [-0.4, -0.2) is 24.1 Å². The molecule has 138 valence electrons. The first-order valence-electron chi connectivity index (χ1n) is 9.70. The van der Waals surface area contributed by atoms with Crippen molar-refractivity contribution in [2.24, 2.45) is 0 Å². The van der Waals surface area contributed by atoms with Gasteiger partial charge < -0.3 is 4.74 Å². The van der Waals surface area contributed by atoms with Crippen LogP contribution in [0.2, 0.25) is 0 Å². The molecule has 1 aliphatic rings. The molecule has 0 saturated carbocycles. The molecule has 2 heteroatoms. The third-order valence-corrected chi connectivity index (χ3v) is 5.36. The number of rotatable bonds is 5. The van der Waals surface area contributed by atoms with Gasteiger partial charge in [-0.15, -0.1) is 0 Å². The second-order valence-electron chi connectivity index (χ2n) is 7.65. The van der Waals surface area contributed by atoms with E-state index in [1.807, 2.05) is 0 Å². The standard InChI is InChI=1S/C25H27NO/c1-18-14-19(2)25(20(3)15-18)27-23-16-26(17-23)24(21-10-6-4-7-11-21)22-12-8-5-9-13-22/h4-15,23-24H,16-17H2,1-3H3. The van der Waals surface area contributed by atoms with E-state index >= 15 is 0 Å². The topological polar surface area (TPSA) is 12.5 Å². The summed E-state index contributed by atoms with van der Waals surface area (Å²) in [6.45, 7) is 8.31. The van der Waals surface area contributed by atoms with E-state index in [-0.39, 0.29) is 12.1 Å². The van der Waals surface area contributed by atoms with Gasteiger partial charge in [0.15, 0.2) is 0 Å². The SMILES string of the molecule is Cc1cc(C)c(OC2CN(C(c3ccccc3)c3ccccc3)C2)c(C)c1. The fraction of sp³-hybridized carbons (Fsp3) is 0.280. The van der Waals surface area contributed by atoms with Gasteiger partial charge in [0, 0.05) is 13.1 Å². The minimum absolute atomic E-state index is 0.250. The molecule has 0 spiro atoms. The number of aryl methyl sites for hydroxylation is 3. The quantitative estimate of drug-likeness (QED) is 0.601. The van der Waals surface area contributed by atoms with Crippen LogP contribution in [0, 0.1) is 20.8 Å². The molecule has 1 aliphatic heterocycles. The van der Waals surface area contributed by atoms with Gasteiger partial charge in [-0.25, -0.2) is 0 Å². The predicted molar refractivity (Wildman–Crippen MR) is 111 cm³/mol. The smallest absolute Gasteiger partial charge is 0.125 e. The van der Waals surface area contributed by atoms with Gasteiger partial charge in [-0.2, -0.15) is 0 Å². The largest absolute Gasteiger partial charge is 0.487 e. The third-order valence-electron chi connectivity index (χ3n) is 5.36. The second kappa shape index (κ2) is 7.58. The lowest BCUT2D eigenvalue weighted by molar-refractivity contribution is -0.000433. The van der Waals surface area contributed by atoms with Crippen LogP contribution in [0.4, 0.5) is 0 Å². The van der Waals surface area contributed by atoms with Crippen LogP contribution >= 0.6 is 0 Å². The van der Waals surface area contributed by atoms with E-state index in [9.17, 15) is 0 Å². The first-order chi connectivity index (χ1) is 13.1. The Labute approximate surface area is 162 Å². The molecule has 0 aliphatic carbocycles. The van der Waals surface area contributed by atoms with Crippen molar-refractivity contribution in [1.29, 1.82) is 0 Å². The number of ether oxygens (including phenoxy) is 1. The molecular formula is C25H27NO. The van der Waals surface area contributed by atoms with Gasteiger partial charge in [-0.05, 0) is 43.0 Å². The van der Waals surface area contributed by atoms with Gasteiger partial charge in [0.2, 0.25) is 0 Å². The molecule has 0 unspecified atom stereocenters. The van der Waals surface area contributed by atoms with Gasteiger partial charge >= 0.3 is 0 Å². The Hall–Kier alpha value is -2.58. The lowest BCUT2D eigenvalue weighted by Gasteiger charge is -2.44. The summed E-state index contributed by atoms with van der Waals surface area (Å²) in [6.07, 6.45) is 0.250. The maximum atomic E-state index is 6.38. The third kappa shape index (κ3) is 3.77. The van der Waals surface area contributed by atoms with Gasteiger partial charge in [-0.1, -0.05) is 78.4 Å². The number of benzene rings is 3. The summed E-state index contributed by atoms with van der Waals surface area (Å²) in [4.78, 5) is 2.51. The minimum atomic E-state index is 0.250. The van der Waals surface area contributed by atoms with Crippen molar-refractivity contribution in [3.05, 3.63) is 101 Å². The Kier molecular flexibility index (Phi) is 5.00. The maximum absolute atomic E-state index is 6.38. The van der Waals surface area contributed by atoms with Crippen molar-refractivity contribution < 1.29 is 4.74 Å². The fourth-order valence-electron chi connectivity index (χ4n) is 4.16. The molecule has 3 aromatic carbocycles. The molecule has 1 fully saturated rings. The first kappa shape index (κ1) is 17.8. The summed E-state index contributed by atoms with van der Waals surface area (Å²) in [7, 11) is 0. The number of hydrogen-bond donors (Lipinski definition) is 0. The Morgan fingerprint density at radius 1 is 0.778 bits per heavy atom. The molecule has 1 saturated heterocycles. The van der Waals surface area contributed by atoms with Crippen LogP contribution in [0.25, 0.3) is 0 Å². The highest BCUT2D eigenvalue weighted by molar-refractivity contribution is 5.43. The summed E-state index contributed by atoms with van der Waals surface area (Å²) in [6, 6.07) is 26.2. The molecule has 0 aromatic heterocycles. The Balaban J connectivity index is 1.51. The summed E-state index contributed by atoms with van der Waals surface area (Å²) >= 11 is 0. The molecule has 3 aromatic rings. The van der Waals surface area contributed by atoms with Crippen LogP contribution in [0.15, 0.2) is 72.8 Å². The van der Waals surface area contributed by atoms with Gasteiger partial charge in [0.1, 0.15) is 11.9 Å². The predicted octanol–water partition coefficient (Wildman–Crippen LogP) is 5.46. The van der Waals surface area contributed by atoms with E-state index < -0.39 is 0 Å². The summed E-state index contributed by atoms with van der Waals surface area (Å²) < 4.78 is 6.38. The number of likely N-dealkylation sites (tertiary alicyclic amines) is 1. The molecule has 27 heavy (non-hydrogen) atoms. The maximum Gasteiger partial charge on any atom is 0.125 e. The highest BCUT2D eigenvalue weighted by atomic mass is 16.5. The molecule has 0 atom stereocenters. The molecule has 0 bridgehead atoms. The molecule has 2 nitrogen and oxygen atoms in total. The van der Waals surface area contributed by atoms with Crippen LogP contribution < -0.4 is 4.74 Å². The van der Waals surface area contributed by atoms with E-state index in [2.05, 4.69) is 98.5 Å². The molecular weight excluding hydrogens is 330 g/mol. The molecule has 4 rings (SSSR count). The van der Waals surface area contributed by atoms with Crippen LogP contribution in [0.3, 0.4) is 0 Å². The average molecular weight is 357 g/mol. The Morgan fingerprint density at radius 3 is 1.74 bits per heavy atom. The van der Waals surface area contributed by atoms with Gasteiger partial charge in [-0.3, -0.25) is 4.90 Å². The monoisotopic (exact) mass is 357 g/mol. The number of hydrogen-bond acceptors (Lipinski definition) is 2. The number of nitrogens with zero attached hydrogens (tertiary/aromatic N) is 1. The van der Waals surface area contributed by atoms with Crippen molar-refractivity contribution >= 4 is 0 Å². The van der Waals surface area contributed by atoms with E-state index in [0.717, 1.165) is 18.8 Å². The molecule has 0 radical (unpaired) electrons.